The van der Waals surface area contributed by atoms with E-state index >= 15 is 0 Å². The minimum absolute atomic E-state index is 0.205. The molecule has 1 aliphatic heterocycles. The second-order valence-corrected chi connectivity index (χ2v) is 5.65. The smallest absolute Gasteiger partial charge is 0.337 e. The number of nitrogens with two attached hydrogens (primary N) is 1. The topological polar surface area (TPSA) is 66.6 Å². The van der Waals surface area contributed by atoms with Crippen LogP contribution in [0.4, 0.5) is 11.4 Å². The van der Waals surface area contributed by atoms with Crippen LogP contribution in [0.15, 0.2) is 18.2 Å². The lowest BCUT2D eigenvalue weighted by Crippen LogP contribution is -2.24. The van der Waals surface area contributed by atoms with Crippen LogP contribution in [0.3, 0.4) is 0 Å². The summed E-state index contributed by atoms with van der Waals surface area (Å²) in [5.74, 6) is -0.138. The zero-order chi connectivity index (χ0) is 14.5. The van der Waals surface area contributed by atoms with Gasteiger partial charge in [0.1, 0.15) is 0 Å². The van der Waals surface area contributed by atoms with Crippen molar-refractivity contribution in [3.05, 3.63) is 23.8 Å². The van der Waals surface area contributed by atoms with Crippen LogP contribution in [-0.4, -0.2) is 24.2 Å². The van der Waals surface area contributed by atoms with Crippen LogP contribution in [0.5, 0.6) is 0 Å². The first-order valence-corrected chi connectivity index (χ1v) is 7.49. The molecular weight excluding hydrogens is 252 g/mol. The van der Waals surface area contributed by atoms with E-state index in [2.05, 4.69) is 11.8 Å². The SMILES string of the molecule is CCCC1CCCN(c2ccc(N)c(C(=O)O)c2)CC1. The van der Waals surface area contributed by atoms with Crippen LogP contribution in [0.25, 0.3) is 0 Å². The third-order valence-electron chi connectivity index (χ3n) is 4.18. The Kier molecular flexibility index (Phi) is 4.88. The molecule has 1 atom stereocenters. The maximum absolute atomic E-state index is 11.2. The van der Waals surface area contributed by atoms with E-state index in [1.165, 1.54) is 32.1 Å². The first-order valence-electron chi connectivity index (χ1n) is 7.49. The molecule has 0 aromatic heterocycles. The monoisotopic (exact) mass is 276 g/mol. The van der Waals surface area contributed by atoms with Gasteiger partial charge >= 0.3 is 5.97 Å². The Hall–Kier alpha value is -1.71. The van der Waals surface area contributed by atoms with E-state index in [9.17, 15) is 4.79 Å². The largest absolute Gasteiger partial charge is 0.478 e. The molecule has 0 aliphatic carbocycles. The molecule has 4 nitrogen and oxygen atoms in total. The van der Waals surface area contributed by atoms with Crippen LogP contribution in [-0.2, 0) is 0 Å². The van der Waals surface area contributed by atoms with Crippen molar-refractivity contribution in [1.82, 2.24) is 0 Å². The number of hydrogen-bond acceptors (Lipinski definition) is 3. The molecule has 0 bridgehead atoms. The van der Waals surface area contributed by atoms with Gasteiger partial charge in [0.25, 0.3) is 0 Å². The average Bonchev–Trinajstić information content (AvgIpc) is 2.65. The van der Waals surface area contributed by atoms with Gasteiger partial charge in [0.15, 0.2) is 0 Å². The Labute approximate surface area is 120 Å². The fourth-order valence-corrected chi connectivity index (χ4v) is 3.05. The van der Waals surface area contributed by atoms with E-state index < -0.39 is 5.97 Å². The molecule has 0 radical (unpaired) electrons. The number of anilines is 2. The number of nitrogens with zero attached hydrogens (tertiary/aromatic N) is 1. The summed E-state index contributed by atoms with van der Waals surface area (Å²) in [6.07, 6.45) is 6.20. The van der Waals surface area contributed by atoms with Gasteiger partial charge in [0, 0.05) is 24.5 Å². The summed E-state index contributed by atoms with van der Waals surface area (Å²) in [6.45, 7) is 4.25. The minimum Gasteiger partial charge on any atom is -0.478 e. The number of carboxylic acid groups (broad SMARTS) is 1. The fraction of sp³-hybridized carbons (Fsp3) is 0.562. The predicted octanol–water partition coefficient (Wildman–Crippen LogP) is 3.37. The molecule has 1 aromatic carbocycles. The van der Waals surface area contributed by atoms with Crippen LogP contribution < -0.4 is 10.6 Å². The van der Waals surface area contributed by atoms with Gasteiger partial charge in [-0.15, -0.1) is 0 Å². The quantitative estimate of drug-likeness (QED) is 0.827. The van der Waals surface area contributed by atoms with Gasteiger partial charge in [-0.05, 0) is 43.4 Å². The van der Waals surface area contributed by atoms with Crippen LogP contribution in [0.1, 0.15) is 49.4 Å². The number of rotatable bonds is 4. The highest BCUT2D eigenvalue weighted by Gasteiger charge is 2.18. The van der Waals surface area contributed by atoms with Gasteiger partial charge in [-0.2, -0.15) is 0 Å². The normalized spacial score (nSPS) is 19.6. The van der Waals surface area contributed by atoms with E-state index in [4.69, 9.17) is 10.8 Å². The number of benzene rings is 1. The Morgan fingerprint density at radius 3 is 2.90 bits per heavy atom. The van der Waals surface area contributed by atoms with Crippen molar-refractivity contribution in [3.8, 4) is 0 Å². The second kappa shape index (κ2) is 6.64. The Morgan fingerprint density at radius 1 is 1.40 bits per heavy atom. The van der Waals surface area contributed by atoms with Gasteiger partial charge in [-0.3, -0.25) is 0 Å². The van der Waals surface area contributed by atoms with E-state index in [0.717, 1.165) is 24.7 Å². The second-order valence-electron chi connectivity index (χ2n) is 5.65. The number of carbonyl (C=O) groups is 1. The molecule has 4 heteroatoms. The van der Waals surface area contributed by atoms with Crippen molar-refractivity contribution in [2.75, 3.05) is 23.7 Å². The van der Waals surface area contributed by atoms with E-state index in [1.54, 1.807) is 12.1 Å². The molecule has 0 amide bonds. The first-order chi connectivity index (χ1) is 9.61. The summed E-state index contributed by atoms with van der Waals surface area (Å²) in [5, 5.41) is 9.16. The molecule has 0 saturated carbocycles. The molecule has 2 rings (SSSR count). The van der Waals surface area contributed by atoms with Crippen molar-refractivity contribution in [1.29, 1.82) is 0 Å². The van der Waals surface area contributed by atoms with Gasteiger partial charge in [-0.1, -0.05) is 19.8 Å². The number of carboxylic acids is 1. The summed E-state index contributed by atoms with van der Waals surface area (Å²) in [6, 6.07) is 5.34. The summed E-state index contributed by atoms with van der Waals surface area (Å²) >= 11 is 0. The number of aromatic carboxylic acids is 1. The van der Waals surface area contributed by atoms with Crippen molar-refractivity contribution >= 4 is 17.3 Å². The summed E-state index contributed by atoms with van der Waals surface area (Å²) < 4.78 is 0. The first kappa shape index (κ1) is 14.7. The highest BCUT2D eigenvalue weighted by molar-refractivity contribution is 5.94. The lowest BCUT2D eigenvalue weighted by Gasteiger charge is -2.23. The standard InChI is InChI=1S/C16H24N2O2/c1-2-4-12-5-3-9-18(10-8-12)13-6-7-15(17)14(11-13)16(19)20/h6-7,11-12H,2-5,8-10,17H2,1H3,(H,19,20). The minimum atomic E-state index is -0.956. The molecule has 3 N–H and O–H groups in total. The van der Waals surface area contributed by atoms with Crippen molar-refractivity contribution in [2.24, 2.45) is 5.92 Å². The number of hydrogen-bond donors (Lipinski definition) is 2. The van der Waals surface area contributed by atoms with Gasteiger partial charge in [-0.25, -0.2) is 4.79 Å². The molecule has 1 aliphatic rings. The Balaban J connectivity index is 2.11. The van der Waals surface area contributed by atoms with E-state index in [-0.39, 0.29) is 5.56 Å². The summed E-state index contributed by atoms with van der Waals surface area (Å²) in [4.78, 5) is 13.5. The molecule has 1 heterocycles. The zero-order valence-corrected chi connectivity index (χ0v) is 12.1. The summed E-state index contributed by atoms with van der Waals surface area (Å²) in [7, 11) is 0. The van der Waals surface area contributed by atoms with Crippen molar-refractivity contribution < 1.29 is 9.90 Å². The highest BCUT2D eigenvalue weighted by atomic mass is 16.4. The van der Waals surface area contributed by atoms with Gasteiger partial charge in [0.05, 0.1) is 5.56 Å². The Bertz CT molecular complexity index is 474. The molecule has 0 spiro atoms. The lowest BCUT2D eigenvalue weighted by atomic mass is 9.96. The maximum Gasteiger partial charge on any atom is 0.337 e. The van der Waals surface area contributed by atoms with Crippen LogP contribution in [0, 0.1) is 5.92 Å². The Morgan fingerprint density at radius 2 is 2.20 bits per heavy atom. The van der Waals surface area contributed by atoms with E-state index in [1.807, 2.05) is 6.07 Å². The van der Waals surface area contributed by atoms with Crippen molar-refractivity contribution in [2.45, 2.75) is 39.0 Å². The lowest BCUT2D eigenvalue weighted by molar-refractivity contribution is 0.0698. The highest BCUT2D eigenvalue weighted by Crippen LogP contribution is 2.27. The maximum atomic E-state index is 11.2. The molecule has 20 heavy (non-hydrogen) atoms. The third-order valence-corrected chi connectivity index (χ3v) is 4.18. The zero-order valence-electron chi connectivity index (χ0n) is 12.1. The molecule has 1 saturated heterocycles. The van der Waals surface area contributed by atoms with E-state index in [0.29, 0.717) is 5.69 Å². The molecule has 1 fully saturated rings. The fourth-order valence-electron chi connectivity index (χ4n) is 3.05. The molecule has 1 aromatic rings. The average molecular weight is 276 g/mol. The van der Waals surface area contributed by atoms with Crippen molar-refractivity contribution in [3.63, 3.8) is 0 Å². The van der Waals surface area contributed by atoms with Gasteiger partial charge in [0.2, 0.25) is 0 Å². The van der Waals surface area contributed by atoms with Crippen LogP contribution in [0.2, 0.25) is 0 Å². The summed E-state index contributed by atoms with van der Waals surface area (Å²) in [5.41, 5.74) is 7.23. The van der Waals surface area contributed by atoms with Gasteiger partial charge < -0.3 is 15.7 Å². The molecule has 1 unspecified atom stereocenters. The predicted molar refractivity (Wildman–Crippen MR) is 82.3 cm³/mol. The molecular formula is C16H24N2O2. The third kappa shape index (κ3) is 3.44. The number of nitrogen functional groups attached to an aromatic ring is 1. The molecule has 110 valence electrons. The van der Waals surface area contributed by atoms with Crippen LogP contribution >= 0.6 is 0 Å².